The summed E-state index contributed by atoms with van der Waals surface area (Å²) in [7, 11) is 0. The number of hydrogen-bond donors (Lipinski definition) is 1. The summed E-state index contributed by atoms with van der Waals surface area (Å²) in [5.41, 5.74) is 1.98. The molecule has 0 radical (unpaired) electrons. The van der Waals surface area contributed by atoms with Gasteiger partial charge in [-0.15, -0.1) is 0 Å². The molecule has 2 aromatic rings. The van der Waals surface area contributed by atoms with E-state index in [2.05, 4.69) is 21.2 Å². The summed E-state index contributed by atoms with van der Waals surface area (Å²) in [6, 6.07) is 14.1. The van der Waals surface area contributed by atoms with Gasteiger partial charge >= 0.3 is 0 Å². The standard InChI is InChI=1S/C17H17BrFNO/c1-12(10-13-2-6-15(18)7-3-13)20-17(21)11-14-4-8-16(19)9-5-14/h2-9,12H,10-11H2,1H3,(H,20,21)/t12-/m1/s1. The minimum Gasteiger partial charge on any atom is -0.353 e. The summed E-state index contributed by atoms with van der Waals surface area (Å²) in [5, 5.41) is 2.96. The zero-order valence-corrected chi connectivity index (χ0v) is 13.4. The fourth-order valence-corrected chi connectivity index (χ4v) is 2.40. The van der Waals surface area contributed by atoms with Gasteiger partial charge in [-0.1, -0.05) is 40.2 Å². The van der Waals surface area contributed by atoms with Gasteiger partial charge in [-0.25, -0.2) is 4.39 Å². The molecule has 2 aromatic carbocycles. The van der Waals surface area contributed by atoms with Crippen molar-refractivity contribution in [1.29, 1.82) is 0 Å². The van der Waals surface area contributed by atoms with Crippen LogP contribution in [0, 0.1) is 5.82 Å². The highest BCUT2D eigenvalue weighted by atomic mass is 79.9. The zero-order chi connectivity index (χ0) is 15.2. The monoisotopic (exact) mass is 349 g/mol. The molecule has 0 fully saturated rings. The van der Waals surface area contributed by atoms with Crippen molar-refractivity contribution in [2.75, 3.05) is 0 Å². The lowest BCUT2D eigenvalue weighted by Gasteiger charge is -2.14. The largest absolute Gasteiger partial charge is 0.353 e. The van der Waals surface area contributed by atoms with Crippen molar-refractivity contribution in [3.05, 3.63) is 69.9 Å². The molecule has 0 bridgehead atoms. The lowest BCUT2D eigenvalue weighted by atomic mass is 10.1. The van der Waals surface area contributed by atoms with Gasteiger partial charge in [-0.05, 0) is 48.7 Å². The Morgan fingerprint density at radius 1 is 1.10 bits per heavy atom. The summed E-state index contributed by atoms with van der Waals surface area (Å²) in [4.78, 5) is 11.9. The molecule has 1 N–H and O–H groups in total. The second-order valence-corrected chi connectivity index (χ2v) is 6.02. The molecule has 0 spiro atoms. The molecule has 2 nitrogen and oxygen atoms in total. The molecule has 0 unspecified atom stereocenters. The number of amides is 1. The Balaban J connectivity index is 1.84. The summed E-state index contributed by atoms with van der Waals surface area (Å²) in [6.07, 6.45) is 1.05. The van der Waals surface area contributed by atoms with E-state index in [1.807, 2.05) is 31.2 Å². The maximum atomic E-state index is 12.8. The van der Waals surface area contributed by atoms with E-state index in [1.54, 1.807) is 12.1 Å². The van der Waals surface area contributed by atoms with Crippen LogP contribution in [0.3, 0.4) is 0 Å². The molecule has 0 aliphatic carbocycles. The van der Waals surface area contributed by atoms with E-state index in [9.17, 15) is 9.18 Å². The van der Waals surface area contributed by atoms with Crippen LogP contribution < -0.4 is 5.32 Å². The second-order valence-electron chi connectivity index (χ2n) is 5.10. The first-order valence-electron chi connectivity index (χ1n) is 6.81. The minimum atomic E-state index is -0.289. The molecule has 0 saturated carbocycles. The number of rotatable bonds is 5. The van der Waals surface area contributed by atoms with Crippen molar-refractivity contribution in [3.8, 4) is 0 Å². The van der Waals surface area contributed by atoms with Crippen molar-refractivity contribution in [2.45, 2.75) is 25.8 Å². The molecule has 0 saturated heterocycles. The molecule has 0 aromatic heterocycles. The van der Waals surface area contributed by atoms with Crippen molar-refractivity contribution in [2.24, 2.45) is 0 Å². The number of hydrogen-bond acceptors (Lipinski definition) is 1. The van der Waals surface area contributed by atoms with Gasteiger partial charge in [0, 0.05) is 10.5 Å². The van der Waals surface area contributed by atoms with Crippen LogP contribution in [-0.4, -0.2) is 11.9 Å². The molecule has 110 valence electrons. The highest BCUT2D eigenvalue weighted by Crippen LogP contribution is 2.12. The van der Waals surface area contributed by atoms with E-state index in [0.29, 0.717) is 0 Å². The normalized spacial score (nSPS) is 12.0. The van der Waals surface area contributed by atoms with Crippen molar-refractivity contribution >= 4 is 21.8 Å². The molecular formula is C17H17BrFNO. The van der Waals surface area contributed by atoms with Crippen molar-refractivity contribution < 1.29 is 9.18 Å². The fraction of sp³-hybridized carbons (Fsp3) is 0.235. The van der Waals surface area contributed by atoms with Crippen LogP contribution in [0.4, 0.5) is 4.39 Å². The minimum absolute atomic E-state index is 0.0498. The molecule has 2 rings (SSSR count). The molecule has 4 heteroatoms. The summed E-state index contributed by atoms with van der Waals surface area (Å²) in [6.45, 7) is 1.98. The van der Waals surface area contributed by atoms with Crippen molar-refractivity contribution in [3.63, 3.8) is 0 Å². The van der Waals surface area contributed by atoms with Crippen molar-refractivity contribution in [1.82, 2.24) is 5.32 Å². The van der Waals surface area contributed by atoms with Gasteiger partial charge < -0.3 is 5.32 Å². The Hall–Kier alpha value is -1.68. The van der Waals surface area contributed by atoms with Crippen LogP contribution >= 0.6 is 15.9 Å². The third-order valence-electron chi connectivity index (χ3n) is 3.14. The van der Waals surface area contributed by atoms with Gasteiger partial charge in [-0.3, -0.25) is 4.79 Å². The molecular weight excluding hydrogens is 333 g/mol. The Kier molecular flexibility index (Phi) is 5.51. The number of benzene rings is 2. The maximum absolute atomic E-state index is 12.8. The first-order valence-corrected chi connectivity index (χ1v) is 7.60. The van der Waals surface area contributed by atoms with E-state index in [-0.39, 0.29) is 24.2 Å². The van der Waals surface area contributed by atoms with E-state index in [0.717, 1.165) is 16.5 Å². The van der Waals surface area contributed by atoms with Crippen LogP contribution in [-0.2, 0) is 17.6 Å². The first kappa shape index (κ1) is 15.7. The van der Waals surface area contributed by atoms with Crippen LogP contribution in [0.25, 0.3) is 0 Å². The van der Waals surface area contributed by atoms with E-state index in [1.165, 1.54) is 17.7 Å². The molecule has 0 aliphatic heterocycles. The van der Waals surface area contributed by atoms with Gasteiger partial charge in [0.1, 0.15) is 5.82 Å². The average Bonchev–Trinajstić information content (AvgIpc) is 2.44. The maximum Gasteiger partial charge on any atom is 0.224 e. The van der Waals surface area contributed by atoms with E-state index < -0.39 is 0 Å². The third kappa shape index (κ3) is 5.31. The van der Waals surface area contributed by atoms with Gasteiger partial charge in [0.15, 0.2) is 0 Å². The molecule has 21 heavy (non-hydrogen) atoms. The van der Waals surface area contributed by atoms with Crippen LogP contribution in [0.1, 0.15) is 18.1 Å². The SMILES string of the molecule is C[C@H](Cc1ccc(Br)cc1)NC(=O)Cc1ccc(F)cc1. The zero-order valence-electron chi connectivity index (χ0n) is 11.8. The Morgan fingerprint density at radius 3 is 2.29 bits per heavy atom. The summed E-state index contributed by atoms with van der Waals surface area (Å²) >= 11 is 3.40. The fourth-order valence-electron chi connectivity index (χ4n) is 2.14. The number of halogens is 2. The highest BCUT2D eigenvalue weighted by Gasteiger charge is 2.09. The van der Waals surface area contributed by atoms with E-state index in [4.69, 9.17) is 0 Å². The van der Waals surface area contributed by atoms with E-state index >= 15 is 0 Å². The van der Waals surface area contributed by atoms with Crippen LogP contribution in [0.2, 0.25) is 0 Å². The number of carbonyl (C=O) groups is 1. The smallest absolute Gasteiger partial charge is 0.224 e. The highest BCUT2D eigenvalue weighted by molar-refractivity contribution is 9.10. The predicted molar refractivity (Wildman–Crippen MR) is 85.6 cm³/mol. The Labute approximate surface area is 132 Å². The number of carbonyl (C=O) groups excluding carboxylic acids is 1. The number of nitrogens with one attached hydrogen (secondary N) is 1. The lowest BCUT2D eigenvalue weighted by molar-refractivity contribution is -0.121. The predicted octanol–water partition coefficient (Wildman–Crippen LogP) is 3.88. The summed E-state index contributed by atoms with van der Waals surface area (Å²) < 4.78 is 13.8. The average molecular weight is 350 g/mol. The second kappa shape index (κ2) is 7.36. The topological polar surface area (TPSA) is 29.1 Å². The van der Waals surface area contributed by atoms with Gasteiger partial charge in [-0.2, -0.15) is 0 Å². The summed E-state index contributed by atoms with van der Waals surface area (Å²) in [5.74, 6) is -0.339. The molecule has 1 atom stereocenters. The molecule has 0 heterocycles. The Morgan fingerprint density at radius 2 is 1.67 bits per heavy atom. The Bertz CT molecular complexity index is 595. The van der Waals surface area contributed by atoms with Crippen LogP contribution in [0.5, 0.6) is 0 Å². The van der Waals surface area contributed by atoms with Gasteiger partial charge in [0.25, 0.3) is 0 Å². The van der Waals surface area contributed by atoms with Crippen LogP contribution in [0.15, 0.2) is 53.0 Å². The molecule has 1 amide bonds. The van der Waals surface area contributed by atoms with Gasteiger partial charge in [0.05, 0.1) is 6.42 Å². The third-order valence-corrected chi connectivity index (χ3v) is 3.67. The lowest BCUT2D eigenvalue weighted by Crippen LogP contribution is -2.35. The quantitative estimate of drug-likeness (QED) is 0.871. The van der Waals surface area contributed by atoms with Gasteiger partial charge in [0.2, 0.25) is 5.91 Å². The molecule has 0 aliphatic rings. The first-order chi connectivity index (χ1) is 10.0.